The van der Waals surface area contributed by atoms with Crippen molar-refractivity contribution in [3.63, 3.8) is 0 Å². The molecule has 2 nitrogen and oxygen atoms in total. The zero-order valence-electron chi connectivity index (χ0n) is 12.8. The summed E-state index contributed by atoms with van der Waals surface area (Å²) in [6.45, 7) is 0.598. The van der Waals surface area contributed by atoms with Crippen molar-refractivity contribution >= 4 is 23.6 Å². The highest BCUT2D eigenvalue weighted by Crippen LogP contribution is 2.20. The van der Waals surface area contributed by atoms with E-state index in [4.69, 9.17) is 11.6 Å². The summed E-state index contributed by atoms with van der Waals surface area (Å²) in [4.78, 5) is 11.7. The van der Waals surface area contributed by atoms with E-state index in [-0.39, 0.29) is 16.5 Å². The number of hydrogen-bond acceptors (Lipinski definition) is 1. The Kier molecular flexibility index (Phi) is 6.82. The second-order valence-electron chi connectivity index (χ2n) is 5.20. The Balaban J connectivity index is 1.70. The third kappa shape index (κ3) is 5.87. The fraction of sp³-hybridized carbons (Fsp3) is 0.211. The Morgan fingerprint density at radius 1 is 1.09 bits per heavy atom. The van der Waals surface area contributed by atoms with Gasteiger partial charge in [-0.05, 0) is 43.0 Å². The smallest absolute Gasteiger partial charge is 0.244 e. The first-order valence-electron chi connectivity index (χ1n) is 7.60. The van der Waals surface area contributed by atoms with Gasteiger partial charge in [0.05, 0.1) is 5.02 Å². The summed E-state index contributed by atoms with van der Waals surface area (Å²) in [6.07, 6.45) is 5.61. The van der Waals surface area contributed by atoms with Crippen LogP contribution in [-0.2, 0) is 11.2 Å². The summed E-state index contributed by atoms with van der Waals surface area (Å²) < 4.78 is 13.5. The third-order valence-corrected chi connectivity index (χ3v) is 3.76. The lowest BCUT2D eigenvalue weighted by molar-refractivity contribution is -0.116. The van der Waals surface area contributed by atoms with Crippen LogP contribution >= 0.6 is 11.6 Å². The Labute approximate surface area is 141 Å². The van der Waals surface area contributed by atoms with Crippen LogP contribution in [0.5, 0.6) is 0 Å². The number of unbranched alkanes of at least 4 members (excludes halogenated alkanes) is 1. The number of rotatable bonds is 7. The second kappa shape index (κ2) is 9.11. The molecule has 2 aromatic carbocycles. The van der Waals surface area contributed by atoms with Crippen LogP contribution in [-0.4, -0.2) is 12.5 Å². The summed E-state index contributed by atoms with van der Waals surface area (Å²) in [6, 6.07) is 14.7. The second-order valence-corrected chi connectivity index (χ2v) is 5.61. The predicted octanol–water partition coefficient (Wildman–Crippen LogP) is 4.63. The molecule has 0 saturated carbocycles. The molecule has 0 radical (unpaired) electrons. The van der Waals surface area contributed by atoms with E-state index in [1.165, 1.54) is 29.8 Å². The van der Waals surface area contributed by atoms with Crippen LogP contribution in [0, 0.1) is 5.82 Å². The van der Waals surface area contributed by atoms with Crippen molar-refractivity contribution in [2.75, 3.05) is 6.54 Å². The zero-order valence-corrected chi connectivity index (χ0v) is 13.5. The van der Waals surface area contributed by atoms with E-state index >= 15 is 0 Å². The van der Waals surface area contributed by atoms with Crippen LogP contribution in [0.2, 0.25) is 5.02 Å². The van der Waals surface area contributed by atoms with E-state index in [1.807, 2.05) is 18.2 Å². The number of aryl methyl sites for hydroxylation is 1. The molecule has 0 saturated heterocycles. The van der Waals surface area contributed by atoms with Crippen LogP contribution in [0.25, 0.3) is 6.08 Å². The monoisotopic (exact) mass is 331 g/mol. The summed E-state index contributed by atoms with van der Waals surface area (Å²) >= 11 is 5.89. The lowest BCUT2D eigenvalue weighted by atomic mass is 10.1. The van der Waals surface area contributed by atoms with Crippen molar-refractivity contribution in [3.05, 3.63) is 76.6 Å². The largest absolute Gasteiger partial charge is 0.353 e. The van der Waals surface area contributed by atoms with Crippen molar-refractivity contribution in [1.29, 1.82) is 0 Å². The van der Waals surface area contributed by atoms with Crippen LogP contribution in [0.1, 0.15) is 24.0 Å². The number of benzene rings is 2. The number of nitrogens with one attached hydrogen (secondary N) is 1. The molecule has 2 aromatic rings. The molecule has 2 rings (SSSR count). The molecule has 23 heavy (non-hydrogen) atoms. The third-order valence-electron chi connectivity index (χ3n) is 3.44. The van der Waals surface area contributed by atoms with Crippen LogP contribution < -0.4 is 5.32 Å². The summed E-state index contributed by atoms with van der Waals surface area (Å²) in [7, 11) is 0. The Bertz CT molecular complexity index is 650. The fourth-order valence-corrected chi connectivity index (χ4v) is 2.42. The first kappa shape index (κ1) is 17.2. The zero-order chi connectivity index (χ0) is 16.5. The molecule has 0 unspecified atom stereocenters. The molecule has 0 aromatic heterocycles. The minimum absolute atomic E-state index is 0.230. The van der Waals surface area contributed by atoms with Crippen LogP contribution in [0.3, 0.4) is 0 Å². The number of amides is 1. The molecule has 0 bridgehead atoms. The molecule has 4 heteroatoms. The maximum absolute atomic E-state index is 13.5. The van der Waals surface area contributed by atoms with E-state index in [0.29, 0.717) is 6.54 Å². The van der Waals surface area contributed by atoms with Gasteiger partial charge in [0, 0.05) is 18.2 Å². The number of halogens is 2. The number of carbonyl (C=O) groups is 1. The van der Waals surface area contributed by atoms with Crippen molar-refractivity contribution in [1.82, 2.24) is 5.32 Å². The molecule has 0 atom stereocenters. The van der Waals surface area contributed by atoms with Gasteiger partial charge < -0.3 is 5.32 Å². The Hall–Kier alpha value is -2.13. The normalized spacial score (nSPS) is 10.9. The summed E-state index contributed by atoms with van der Waals surface area (Å²) in [5.41, 5.74) is 1.53. The minimum Gasteiger partial charge on any atom is -0.353 e. The predicted molar refractivity (Wildman–Crippen MR) is 92.8 cm³/mol. The van der Waals surface area contributed by atoms with Crippen molar-refractivity contribution < 1.29 is 9.18 Å². The lowest BCUT2D eigenvalue weighted by Crippen LogP contribution is -2.22. The molecule has 0 fully saturated rings. The molecular weight excluding hydrogens is 313 g/mol. The fourth-order valence-electron chi connectivity index (χ4n) is 2.20. The van der Waals surface area contributed by atoms with E-state index in [9.17, 15) is 9.18 Å². The van der Waals surface area contributed by atoms with Gasteiger partial charge in [0.15, 0.2) is 0 Å². The van der Waals surface area contributed by atoms with Gasteiger partial charge in [-0.2, -0.15) is 0 Å². The highest BCUT2D eigenvalue weighted by Gasteiger charge is 2.03. The van der Waals surface area contributed by atoms with E-state index < -0.39 is 5.82 Å². The Morgan fingerprint density at radius 2 is 1.87 bits per heavy atom. The average Bonchev–Trinajstić information content (AvgIpc) is 2.55. The molecule has 0 aliphatic rings. The van der Waals surface area contributed by atoms with Crippen molar-refractivity contribution in [2.45, 2.75) is 19.3 Å². The van der Waals surface area contributed by atoms with E-state index in [2.05, 4.69) is 17.4 Å². The molecular formula is C19H19ClFNO. The van der Waals surface area contributed by atoms with Gasteiger partial charge in [-0.15, -0.1) is 0 Å². The van der Waals surface area contributed by atoms with Gasteiger partial charge in [-0.1, -0.05) is 48.0 Å². The molecule has 0 aliphatic heterocycles. The SMILES string of the molecule is O=C(C=Cc1c(F)cccc1Cl)NCCCCc1ccccc1. The maximum atomic E-state index is 13.5. The van der Waals surface area contributed by atoms with E-state index in [0.717, 1.165) is 19.3 Å². The molecule has 1 amide bonds. The highest BCUT2D eigenvalue weighted by molar-refractivity contribution is 6.32. The topological polar surface area (TPSA) is 29.1 Å². The van der Waals surface area contributed by atoms with Crippen molar-refractivity contribution in [3.8, 4) is 0 Å². The highest BCUT2D eigenvalue weighted by atomic mass is 35.5. The van der Waals surface area contributed by atoms with Gasteiger partial charge >= 0.3 is 0 Å². The van der Waals surface area contributed by atoms with Crippen LogP contribution in [0.4, 0.5) is 4.39 Å². The minimum atomic E-state index is -0.440. The standard InChI is InChI=1S/C19H19ClFNO/c20-17-10-6-11-18(21)16(17)12-13-19(23)22-14-5-4-9-15-7-2-1-3-8-15/h1-3,6-8,10-13H,4-5,9,14H2,(H,22,23). The lowest BCUT2D eigenvalue weighted by Gasteiger charge is -2.03. The van der Waals surface area contributed by atoms with Gasteiger partial charge in [0.2, 0.25) is 5.91 Å². The van der Waals surface area contributed by atoms with E-state index in [1.54, 1.807) is 6.07 Å². The van der Waals surface area contributed by atoms with Gasteiger partial charge in [-0.3, -0.25) is 4.79 Å². The molecule has 120 valence electrons. The molecule has 0 spiro atoms. The summed E-state index contributed by atoms with van der Waals surface area (Å²) in [5.74, 6) is -0.687. The molecule has 0 aliphatic carbocycles. The average molecular weight is 332 g/mol. The Morgan fingerprint density at radius 3 is 2.61 bits per heavy atom. The van der Waals surface area contributed by atoms with Gasteiger partial charge in [0.1, 0.15) is 5.82 Å². The number of hydrogen-bond donors (Lipinski definition) is 1. The van der Waals surface area contributed by atoms with Crippen molar-refractivity contribution in [2.24, 2.45) is 0 Å². The van der Waals surface area contributed by atoms with Gasteiger partial charge in [0.25, 0.3) is 0 Å². The van der Waals surface area contributed by atoms with Crippen LogP contribution in [0.15, 0.2) is 54.6 Å². The molecule has 1 N–H and O–H groups in total. The van der Waals surface area contributed by atoms with Gasteiger partial charge in [-0.25, -0.2) is 4.39 Å². The first-order valence-corrected chi connectivity index (χ1v) is 7.98. The quantitative estimate of drug-likeness (QED) is 0.581. The summed E-state index contributed by atoms with van der Waals surface area (Å²) in [5, 5.41) is 3.08. The first-order chi connectivity index (χ1) is 11.2. The number of carbonyl (C=O) groups excluding carboxylic acids is 1. The maximum Gasteiger partial charge on any atom is 0.244 e. The molecule has 0 heterocycles.